The third-order valence-corrected chi connectivity index (χ3v) is 4.96. The topological polar surface area (TPSA) is 35.5 Å². The van der Waals surface area contributed by atoms with Gasteiger partial charge in [-0.25, -0.2) is 0 Å². The summed E-state index contributed by atoms with van der Waals surface area (Å²) in [6, 6.07) is 0. The molecule has 16 heavy (non-hydrogen) atoms. The minimum atomic E-state index is -3.19. The van der Waals surface area contributed by atoms with Crippen LogP contribution in [0.4, 0.5) is 0 Å². The Kier molecular flexibility index (Phi) is 6.13. The molecule has 1 aliphatic rings. The van der Waals surface area contributed by atoms with Gasteiger partial charge in [-0.15, -0.1) is 0 Å². The fourth-order valence-corrected chi connectivity index (χ4v) is 3.58. The Morgan fingerprint density at radius 3 is 2.62 bits per heavy atom. The second-order valence-electron chi connectivity index (χ2n) is 3.99. The Labute approximate surface area is 103 Å². The molecule has 1 rings (SSSR count). The van der Waals surface area contributed by atoms with Crippen molar-refractivity contribution in [3.05, 3.63) is 12.4 Å². The van der Waals surface area contributed by atoms with Gasteiger partial charge in [0.15, 0.2) is 0 Å². The van der Waals surface area contributed by atoms with Crippen LogP contribution in [0.5, 0.6) is 0 Å². The molecule has 92 valence electrons. The number of hydrogen-bond acceptors (Lipinski definition) is 3. The molecule has 0 radical (unpaired) electrons. The molecule has 1 unspecified atom stereocenters. The zero-order valence-corrected chi connectivity index (χ0v) is 11.4. The third kappa shape index (κ3) is 4.25. The molecule has 3 nitrogen and oxygen atoms in total. The van der Waals surface area contributed by atoms with E-state index in [2.05, 4.69) is 6.58 Å². The molecule has 6 heteroatoms. The van der Waals surface area contributed by atoms with E-state index in [1.165, 1.54) is 25.1 Å². The summed E-state index contributed by atoms with van der Waals surface area (Å²) < 4.78 is 22.4. The van der Waals surface area contributed by atoms with E-state index in [9.17, 15) is 4.57 Å². The van der Waals surface area contributed by atoms with E-state index < -0.39 is 13.9 Å². The molecule has 0 saturated heterocycles. The summed E-state index contributed by atoms with van der Waals surface area (Å²) >= 11 is 6.14. The van der Waals surface area contributed by atoms with Crippen molar-refractivity contribution in [2.75, 3.05) is 6.61 Å². The van der Waals surface area contributed by atoms with Gasteiger partial charge in [0, 0.05) is 5.82 Å². The summed E-state index contributed by atoms with van der Waals surface area (Å²) in [6.45, 7) is 5.58. The van der Waals surface area contributed by atoms with Gasteiger partial charge in [0.25, 0.3) is 0 Å². The average molecular weight is 264 g/mol. The first-order valence-corrected chi connectivity index (χ1v) is 7.86. The number of hydrogen-bond donors (Lipinski definition) is 0. The van der Waals surface area contributed by atoms with Crippen LogP contribution >= 0.6 is 19.1 Å². The first-order valence-electron chi connectivity index (χ1n) is 5.81. The van der Waals surface area contributed by atoms with Gasteiger partial charge in [0.2, 0.25) is 0 Å². The summed E-state index contributed by atoms with van der Waals surface area (Å²) in [5.74, 6) is 1.51. The highest BCUT2D eigenvalue weighted by atomic mass is 35.5. The summed E-state index contributed by atoms with van der Waals surface area (Å²) in [7, 11) is -3.19. The van der Waals surface area contributed by atoms with E-state index in [0.717, 1.165) is 12.8 Å². The van der Waals surface area contributed by atoms with E-state index >= 15 is 0 Å². The highest BCUT2D eigenvalue weighted by Crippen LogP contribution is 2.52. The maximum atomic E-state index is 12.0. The molecule has 0 aromatic carbocycles. The highest BCUT2D eigenvalue weighted by molar-refractivity contribution is 7.59. The second kappa shape index (κ2) is 6.85. The van der Waals surface area contributed by atoms with E-state index in [0.29, 0.717) is 6.61 Å². The lowest BCUT2D eigenvalue weighted by Gasteiger charge is -2.25. The Hall–Kier alpha value is 0.245. The van der Waals surface area contributed by atoms with E-state index in [1.54, 1.807) is 6.92 Å². The van der Waals surface area contributed by atoms with Gasteiger partial charge in [-0.1, -0.05) is 38.7 Å². The minimum absolute atomic E-state index is 0.282. The maximum absolute atomic E-state index is 12.0. The Balaban J connectivity index is 2.50. The summed E-state index contributed by atoms with van der Waals surface area (Å²) in [5, 5.41) is 0. The van der Waals surface area contributed by atoms with Crippen molar-refractivity contribution < 1.29 is 13.5 Å². The lowest BCUT2D eigenvalue weighted by Crippen LogP contribution is -2.20. The molecule has 1 fully saturated rings. The van der Waals surface area contributed by atoms with Gasteiger partial charge in [-0.3, -0.25) is 4.57 Å². The molecule has 1 saturated carbocycles. The minimum Gasteiger partial charge on any atom is -0.349 e. The molecule has 0 spiro atoms. The molecule has 0 aliphatic heterocycles. The maximum Gasteiger partial charge on any atom is 0.410 e. The number of halogens is 1. The molecule has 0 amide bonds. The summed E-state index contributed by atoms with van der Waals surface area (Å²) in [6.07, 6.45) is 5.14. The average Bonchev–Trinajstić information content (AvgIpc) is 2.30. The van der Waals surface area contributed by atoms with Gasteiger partial charge in [0.05, 0.1) is 6.61 Å². The lowest BCUT2D eigenvalue weighted by molar-refractivity contribution is 0.287. The van der Waals surface area contributed by atoms with Crippen LogP contribution in [-0.2, 0) is 13.5 Å². The van der Waals surface area contributed by atoms with Gasteiger partial charge >= 0.3 is 13.9 Å². The molecule has 0 heterocycles. The van der Waals surface area contributed by atoms with E-state index in [1.807, 2.05) is 0 Å². The standard InChI is InChI=1S/C10H19BClO3P/c1-3-14-16(13,4-2)15-11(12)10-8-6-5-7-9-10/h4,10H,2-3,5-9H2,1H3. The van der Waals surface area contributed by atoms with Crippen molar-refractivity contribution in [2.24, 2.45) is 0 Å². The third-order valence-electron chi connectivity index (χ3n) is 2.80. The fourth-order valence-electron chi connectivity index (χ4n) is 1.93. The summed E-state index contributed by atoms with van der Waals surface area (Å²) in [5.41, 5.74) is 0. The Morgan fingerprint density at radius 2 is 2.12 bits per heavy atom. The molecule has 0 aromatic heterocycles. The van der Waals surface area contributed by atoms with E-state index in [4.69, 9.17) is 20.4 Å². The van der Waals surface area contributed by atoms with Gasteiger partial charge in [-0.05, 0) is 12.7 Å². The second-order valence-corrected chi connectivity index (χ2v) is 6.34. The van der Waals surface area contributed by atoms with Crippen molar-refractivity contribution in [3.63, 3.8) is 0 Å². The fraction of sp³-hybridized carbons (Fsp3) is 0.800. The van der Waals surface area contributed by atoms with Crippen LogP contribution in [0.2, 0.25) is 5.82 Å². The van der Waals surface area contributed by atoms with Crippen LogP contribution in [-0.4, -0.2) is 12.9 Å². The predicted octanol–water partition coefficient (Wildman–Crippen LogP) is 4.44. The van der Waals surface area contributed by atoms with Gasteiger partial charge in [-0.2, -0.15) is 11.5 Å². The normalized spacial score (nSPS) is 21.4. The molecule has 0 aromatic rings. The molecule has 0 N–H and O–H groups in total. The van der Waals surface area contributed by atoms with Crippen LogP contribution in [0.3, 0.4) is 0 Å². The van der Waals surface area contributed by atoms with Crippen LogP contribution in [0.25, 0.3) is 0 Å². The van der Waals surface area contributed by atoms with Crippen molar-refractivity contribution in [3.8, 4) is 0 Å². The summed E-state index contributed by atoms with van der Waals surface area (Å²) in [4.78, 5) is 0. The Bertz CT molecular complexity index is 269. The monoisotopic (exact) mass is 264 g/mol. The van der Waals surface area contributed by atoms with Crippen molar-refractivity contribution >= 4 is 25.4 Å². The van der Waals surface area contributed by atoms with Crippen LogP contribution in [0.1, 0.15) is 39.0 Å². The number of rotatable bonds is 6. The molecular weight excluding hydrogens is 245 g/mol. The smallest absolute Gasteiger partial charge is 0.349 e. The predicted molar refractivity (Wildman–Crippen MR) is 69.0 cm³/mol. The first-order chi connectivity index (χ1) is 7.61. The van der Waals surface area contributed by atoms with Crippen LogP contribution in [0.15, 0.2) is 12.4 Å². The quantitative estimate of drug-likeness (QED) is 0.525. The highest BCUT2D eigenvalue weighted by Gasteiger charge is 2.34. The molecular formula is C10H19BClO3P. The van der Waals surface area contributed by atoms with Crippen LogP contribution < -0.4 is 0 Å². The SMILES string of the molecule is C=CP(=O)(OCC)OB(Cl)C1CCCCC1. The van der Waals surface area contributed by atoms with Gasteiger partial charge in [0.1, 0.15) is 0 Å². The zero-order chi connectivity index (χ0) is 12.0. The molecule has 0 bridgehead atoms. The molecule has 1 aliphatic carbocycles. The largest absolute Gasteiger partial charge is 0.410 e. The van der Waals surface area contributed by atoms with Crippen molar-refractivity contribution in [2.45, 2.75) is 44.8 Å². The molecule has 1 atom stereocenters. The Morgan fingerprint density at radius 1 is 1.50 bits per heavy atom. The van der Waals surface area contributed by atoms with Gasteiger partial charge < -0.3 is 8.96 Å². The van der Waals surface area contributed by atoms with Crippen molar-refractivity contribution in [1.82, 2.24) is 0 Å². The van der Waals surface area contributed by atoms with Crippen molar-refractivity contribution in [1.29, 1.82) is 0 Å². The first kappa shape index (κ1) is 14.3. The van der Waals surface area contributed by atoms with E-state index in [-0.39, 0.29) is 5.82 Å². The zero-order valence-electron chi connectivity index (χ0n) is 9.73. The lowest BCUT2D eigenvalue weighted by atomic mass is 9.70. The van der Waals surface area contributed by atoms with Crippen LogP contribution in [0, 0.1) is 0 Å².